The third kappa shape index (κ3) is 2.91. The van der Waals surface area contributed by atoms with Crippen molar-refractivity contribution in [3.05, 3.63) is 47.5 Å². The van der Waals surface area contributed by atoms with Crippen LogP contribution < -0.4 is 5.32 Å². The van der Waals surface area contributed by atoms with Crippen LogP contribution >= 0.6 is 0 Å². The Morgan fingerprint density at radius 2 is 2.33 bits per heavy atom. The molecule has 0 aliphatic rings. The topological polar surface area (TPSA) is 59.8 Å². The number of benzene rings is 1. The number of amides is 1. The molecular weight excluding hydrogens is 235 g/mol. The van der Waals surface area contributed by atoms with Gasteiger partial charge in [-0.3, -0.25) is 9.48 Å². The van der Waals surface area contributed by atoms with Crippen molar-refractivity contribution in [3.8, 4) is 0 Å². The van der Waals surface area contributed by atoms with Gasteiger partial charge in [-0.1, -0.05) is 16.8 Å². The van der Waals surface area contributed by atoms with Crippen molar-refractivity contribution in [2.75, 3.05) is 6.54 Å². The Morgan fingerprint density at radius 3 is 3.06 bits per heavy atom. The molecule has 0 atom stereocenters. The van der Waals surface area contributed by atoms with Gasteiger partial charge in [0.1, 0.15) is 5.82 Å². The highest BCUT2D eigenvalue weighted by Crippen LogP contribution is 2.09. The number of aryl methyl sites for hydroxylation is 1. The predicted molar refractivity (Wildman–Crippen MR) is 63.5 cm³/mol. The van der Waals surface area contributed by atoms with E-state index in [0.29, 0.717) is 13.1 Å². The number of carbonyl (C=O) groups is 1. The first kappa shape index (κ1) is 12.2. The number of nitrogens with one attached hydrogen (secondary N) is 1. The number of carbonyl (C=O) groups excluding carboxylic acids is 1. The lowest BCUT2D eigenvalue weighted by atomic mass is 10.1. The molecule has 94 valence electrons. The molecule has 1 aromatic heterocycles. The van der Waals surface area contributed by atoms with Gasteiger partial charge in [-0.05, 0) is 19.1 Å². The molecule has 0 aliphatic carbocycles. The summed E-state index contributed by atoms with van der Waals surface area (Å²) < 4.78 is 15.0. The van der Waals surface area contributed by atoms with Crippen molar-refractivity contribution >= 4 is 5.91 Å². The highest BCUT2D eigenvalue weighted by Gasteiger charge is 2.10. The van der Waals surface area contributed by atoms with Gasteiger partial charge in [-0.2, -0.15) is 0 Å². The van der Waals surface area contributed by atoms with E-state index in [1.54, 1.807) is 23.1 Å². The summed E-state index contributed by atoms with van der Waals surface area (Å²) in [4.78, 5) is 11.7. The van der Waals surface area contributed by atoms with Crippen LogP contribution in [0.5, 0.6) is 0 Å². The molecule has 1 N–H and O–H groups in total. The lowest BCUT2D eigenvalue weighted by molar-refractivity contribution is 0.0947. The van der Waals surface area contributed by atoms with Crippen molar-refractivity contribution in [3.63, 3.8) is 0 Å². The Bertz CT molecular complexity index is 539. The van der Waals surface area contributed by atoms with Crippen LogP contribution in [0.25, 0.3) is 0 Å². The molecule has 0 fully saturated rings. The smallest absolute Gasteiger partial charge is 0.254 e. The van der Waals surface area contributed by atoms with Crippen LogP contribution in [-0.4, -0.2) is 27.4 Å². The third-order valence-electron chi connectivity index (χ3n) is 2.46. The third-order valence-corrected chi connectivity index (χ3v) is 2.46. The lowest BCUT2D eigenvalue weighted by Crippen LogP contribution is -2.28. The molecule has 0 saturated heterocycles. The van der Waals surface area contributed by atoms with Crippen molar-refractivity contribution in [1.29, 1.82) is 0 Å². The molecule has 1 aromatic carbocycles. The van der Waals surface area contributed by atoms with E-state index >= 15 is 0 Å². The number of hydrogen-bond acceptors (Lipinski definition) is 3. The van der Waals surface area contributed by atoms with E-state index in [9.17, 15) is 9.18 Å². The Labute approximate surface area is 104 Å². The van der Waals surface area contributed by atoms with Gasteiger partial charge in [0.05, 0.1) is 18.3 Å². The summed E-state index contributed by atoms with van der Waals surface area (Å²) in [6.07, 6.45) is 3.25. The Kier molecular flexibility index (Phi) is 3.66. The van der Waals surface area contributed by atoms with Gasteiger partial charge < -0.3 is 5.32 Å². The molecule has 6 heteroatoms. The van der Waals surface area contributed by atoms with E-state index in [4.69, 9.17) is 0 Å². The zero-order chi connectivity index (χ0) is 13.0. The predicted octanol–water partition coefficient (Wildman–Crippen LogP) is 1.16. The van der Waals surface area contributed by atoms with Crippen LogP contribution in [0.2, 0.25) is 0 Å². The van der Waals surface area contributed by atoms with Crippen LogP contribution in [0.3, 0.4) is 0 Å². The number of rotatable bonds is 4. The van der Waals surface area contributed by atoms with Crippen LogP contribution in [0.4, 0.5) is 4.39 Å². The molecule has 0 saturated carbocycles. The monoisotopic (exact) mass is 248 g/mol. The number of aromatic nitrogens is 3. The van der Waals surface area contributed by atoms with E-state index in [1.807, 2.05) is 6.92 Å². The van der Waals surface area contributed by atoms with E-state index in [-0.39, 0.29) is 5.56 Å². The Morgan fingerprint density at radius 1 is 1.50 bits per heavy atom. The second kappa shape index (κ2) is 5.39. The summed E-state index contributed by atoms with van der Waals surface area (Å²) in [5.41, 5.74) is 0.909. The van der Waals surface area contributed by atoms with Gasteiger partial charge in [-0.25, -0.2) is 4.39 Å². The minimum absolute atomic E-state index is 0.0635. The summed E-state index contributed by atoms with van der Waals surface area (Å²) in [7, 11) is 0. The van der Waals surface area contributed by atoms with Crippen LogP contribution in [-0.2, 0) is 6.54 Å². The van der Waals surface area contributed by atoms with E-state index in [0.717, 1.165) is 5.56 Å². The van der Waals surface area contributed by atoms with Gasteiger partial charge in [-0.15, -0.1) is 5.10 Å². The highest BCUT2D eigenvalue weighted by atomic mass is 19.1. The van der Waals surface area contributed by atoms with Gasteiger partial charge >= 0.3 is 0 Å². The van der Waals surface area contributed by atoms with Gasteiger partial charge in [0.15, 0.2) is 0 Å². The molecule has 0 unspecified atom stereocenters. The lowest BCUT2D eigenvalue weighted by Gasteiger charge is -2.06. The first-order valence-corrected chi connectivity index (χ1v) is 5.55. The fourth-order valence-electron chi connectivity index (χ4n) is 1.54. The summed E-state index contributed by atoms with van der Waals surface area (Å²) >= 11 is 0. The standard InChI is InChI=1S/C12H13FN4O/c1-9-2-3-11(13)10(8-9)12(18)14-4-6-17-7-5-15-16-17/h2-3,5,7-8H,4,6H2,1H3,(H,14,18). The first-order valence-electron chi connectivity index (χ1n) is 5.55. The molecule has 18 heavy (non-hydrogen) atoms. The number of halogens is 1. The second-order valence-corrected chi connectivity index (χ2v) is 3.91. The van der Waals surface area contributed by atoms with Crippen molar-refractivity contribution in [2.45, 2.75) is 13.5 Å². The summed E-state index contributed by atoms with van der Waals surface area (Å²) in [6, 6.07) is 4.45. The Balaban J connectivity index is 1.93. The minimum Gasteiger partial charge on any atom is -0.350 e. The maximum atomic E-state index is 13.4. The maximum Gasteiger partial charge on any atom is 0.254 e. The van der Waals surface area contributed by atoms with Crippen LogP contribution in [0.1, 0.15) is 15.9 Å². The van der Waals surface area contributed by atoms with E-state index in [1.165, 1.54) is 12.1 Å². The molecule has 0 spiro atoms. The quantitative estimate of drug-likeness (QED) is 0.883. The zero-order valence-corrected chi connectivity index (χ0v) is 9.93. The van der Waals surface area contributed by atoms with E-state index in [2.05, 4.69) is 15.6 Å². The average molecular weight is 248 g/mol. The molecule has 2 aromatic rings. The van der Waals surface area contributed by atoms with Gasteiger partial charge in [0, 0.05) is 12.7 Å². The largest absolute Gasteiger partial charge is 0.350 e. The van der Waals surface area contributed by atoms with Crippen LogP contribution in [0.15, 0.2) is 30.6 Å². The Hall–Kier alpha value is -2.24. The van der Waals surface area contributed by atoms with Gasteiger partial charge in [0.2, 0.25) is 0 Å². The molecule has 1 heterocycles. The summed E-state index contributed by atoms with van der Waals surface area (Å²) in [5, 5.41) is 10.0. The molecule has 5 nitrogen and oxygen atoms in total. The van der Waals surface area contributed by atoms with Gasteiger partial charge in [0.25, 0.3) is 5.91 Å². The average Bonchev–Trinajstić information content (AvgIpc) is 2.85. The molecule has 0 aliphatic heterocycles. The first-order chi connectivity index (χ1) is 8.66. The summed E-state index contributed by atoms with van der Waals surface area (Å²) in [6.45, 7) is 2.68. The normalized spacial score (nSPS) is 10.3. The number of hydrogen-bond donors (Lipinski definition) is 1. The SMILES string of the molecule is Cc1ccc(F)c(C(=O)NCCn2ccnn2)c1. The molecule has 2 rings (SSSR count). The van der Waals surface area contributed by atoms with Crippen molar-refractivity contribution < 1.29 is 9.18 Å². The highest BCUT2D eigenvalue weighted by molar-refractivity contribution is 5.94. The molecule has 1 amide bonds. The van der Waals surface area contributed by atoms with E-state index < -0.39 is 11.7 Å². The minimum atomic E-state index is -0.515. The second-order valence-electron chi connectivity index (χ2n) is 3.91. The molecule has 0 radical (unpaired) electrons. The van der Waals surface area contributed by atoms with Crippen molar-refractivity contribution in [2.24, 2.45) is 0 Å². The zero-order valence-electron chi connectivity index (χ0n) is 9.93. The molecular formula is C12H13FN4O. The maximum absolute atomic E-state index is 13.4. The fourth-order valence-corrected chi connectivity index (χ4v) is 1.54. The molecule has 0 bridgehead atoms. The fraction of sp³-hybridized carbons (Fsp3) is 0.250. The summed E-state index contributed by atoms with van der Waals surface area (Å²) in [5.74, 6) is -0.935. The van der Waals surface area contributed by atoms with Crippen molar-refractivity contribution in [1.82, 2.24) is 20.3 Å². The van der Waals surface area contributed by atoms with Crippen LogP contribution in [0, 0.1) is 12.7 Å². The number of nitrogens with zero attached hydrogens (tertiary/aromatic N) is 3.